The number of nitrogens with one attached hydrogen (secondary N) is 1. The Hall–Kier alpha value is -3.35. The summed E-state index contributed by atoms with van der Waals surface area (Å²) in [4.78, 5) is 32.3. The number of methoxy groups -OCH3 is 1. The number of benzene rings is 2. The lowest BCUT2D eigenvalue weighted by molar-refractivity contribution is -0.133. The van der Waals surface area contributed by atoms with Crippen molar-refractivity contribution in [3.8, 4) is 5.75 Å². The molecule has 1 saturated carbocycles. The Labute approximate surface area is 188 Å². The molecular formula is C25H30N4O3. The summed E-state index contributed by atoms with van der Waals surface area (Å²) in [5.41, 5.74) is 7.29. The number of carbonyl (C=O) groups excluding carboxylic acids is 2. The molecule has 2 aromatic rings. The van der Waals surface area contributed by atoms with Gasteiger partial charge in [0.05, 0.1) is 13.5 Å². The smallest absolute Gasteiger partial charge is 0.261 e. The van der Waals surface area contributed by atoms with E-state index in [-0.39, 0.29) is 30.1 Å². The molecule has 168 valence electrons. The van der Waals surface area contributed by atoms with Gasteiger partial charge < -0.3 is 15.8 Å². The van der Waals surface area contributed by atoms with Crippen LogP contribution in [-0.4, -0.2) is 36.8 Å². The van der Waals surface area contributed by atoms with Gasteiger partial charge in [-0.2, -0.15) is 0 Å². The first-order valence-electron chi connectivity index (χ1n) is 11.1. The maximum absolute atomic E-state index is 13.4. The summed E-state index contributed by atoms with van der Waals surface area (Å²) in [5, 5.41) is 2.96. The van der Waals surface area contributed by atoms with Crippen LogP contribution in [0.25, 0.3) is 0 Å². The zero-order valence-corrected chi connectivity index (χ0v) is 18.6. The molecule has 1 unspecified atom stereocenters. The molecular weight excluding hydrogens is 404 g/mol. The molecule has 7 heteroatoms. The van der Waals surface area contributed by atoms with E-state index < -0.39 is 5.54 Å². The predicted octanol–water partition coefficient (Wildman–Crippen LogP) is 3.44. The lowest BCUT2D eigenvalue weighted by atomic mass is 9.71. The van der Waals surface area contributed by atoms with Crippen LogP contribution in [0.3, 0.4) is 0 Å². The van der Waals surface area contributed by atoms with Gasteiger partial charge in [0, 0.05) is 18.3 Å². The highest BCUT2D eigenvalue weighted by atomic mass is 16.5. The highest BCUT2D eigenvalue weighted by Crippen LogP contribution is 2.46. The van der Waals surface area contributed by atoms with E-state index in [0.29, 0.717) is 11.4 Å². The summed E-state index contributed by atoms with van der Waals surface area (Å²) in [6.45, 7) is 0. The number of likely N-dealkylation sites (N-methyl/N-ethyl adjacent to an activating group) is 1. The average molecular weight is 435 g/mol. The topological polar surface area (TPSA) is 97.0 Å². The number of guanidine groups is 1. The van der Waals surface area contributed by atoms with Gasteiger partial charge in [0.15, 0.2) is 11.5 Å². The minimum Gasteiger partial charge on any atom is -0.496 e. The van der Waals surface area contributed by atoms with Crippen LogP contribution in [0.4, 0.5) is 5.69 Å². The number of carbonyl (C=O) groups is 2. The molecule has 1 atom stereocenters. The van der Waals surface area contributed by atoms with Crippen LogP contribution >= 0.6 is 0 Å². The number of para-hydroxylation sites is 1. The van der Waals surface area contributed by atoms with Crippen LogP contribution in [0, 0.1) is 5.92 Å². The number of anilines is 1. The zero-order valence-electron chi connectivity index (χ0n) is 18.6. The molecule has 0 aromatic heterocycles. The van der Waals surface area contributed by atoms with Crippen LogP contribution in [-0.2, 0) is 21.5 Å². The highest BCUT2D eigenvalue weighted by molar-refractivity contribution is 6.07. The maximum atomic E-state index is 13.4. The third-order valence-corrected chi connectivity index (χ3v) is 6.59. The molecule has 0 radical (unpaired) electrons. The Bertz CT molecular complexity index is 1040. The Morgan fingerprint density at radius 1 is 1.19 bits per heavy atom. The van der Waals surface area contributed by atoms with E-state index >= 15 is 0 Å². The Morgan fingerprint density at radius 2 is 1.94 bits per heavy atom. The van der Waals surface area contributed by atoms with Gasteiger partial charge in [0.2, 0.25) is 5.91 Å². The van der Waals surface area contributed by atoms with E-state index in [0.717, 1.165) is 36.8 Å². The largest absolute Gasteiger partial charge is 0.496 e. The first kappa shape index (κ1) is 21.9. The van der Waals surface area contributed by atoms with E-state index in [1.807, 2.05) is 48.5 Å². The summed E-state index contributed by atoms with van der Waals surface area (Å²) in [6, 6.07) is 14.9. The number of rotatable bonds is 6. The van der Waals surface area contributed by atoms with Crippen molar-refractivity contribution in [1.29, 1.82) is 0 Å². The second kappa shape index (κ2) is 9.02. The standard InChI is InChI=1S/C25H30N4O3/c1-29-23(31)25(28-24(29)26,18-10-4-3-5-11-18)19-12-8-13-20(16-19)27-22(30)15-17-9-6-7-14-21(17)32-2/h6-9,12-14,16,18H,3-5,10-11,15H2,1-2H3,(H2,26,28)(H,27,30). The molecule has 3 N–H and O–H groups in total. The number of nitrogens with zero attached hydrogens (tertiary/aromatic N) is 2. The summed E-state index contributed by atoms with van der Waals surface area (Å²) in [7, 11) is 3.26. The quantitative estimate of drug-likeness (QED) is 0.728. The molecule has 2 aromatic carbocycles. The summed E-state index contributed by atoms with van der Waals surface area (Å²) < 4.78 is 5.35. The van der Waals surface area contributed by atoms with E-state index in [1.54, 1.807) is 14.2 Å². The fourth-order valence-corrected chi connectivity index (χ4v) is 4.93. The molecule has 1 aliphatic carbocycles. The average Bonchev–Trinajstić information content (AvgIpc) is 3.05. The van der Waals surface area contributed by atoms with Gasteiger partial charge in [-0.25, -0.2) is 4.99 Å². The fourth-order valence-electron chi connectivity index (χ4n) is 4.93. The third kappa shape index (κ3) is 3.95. The summed E-state index contributed by atoms with van der Waals surface area (Å²) in [6.07, 6.45) is 5.38. The third-order valence-electron chi connectivity index (χ3n) is 6.59. The molecule has 2 aliphatic rings. The maximum Gasteiger partial charge on any atom is 0.261 e. The molecule has 7 nitrogen and oxygen atoms in total. The molecule has 4 rings (SSSR count). The second-order valence-electron chi connectivity index (χ2n) is 8.55. The minimum absolute atomic E-state index is 0.0896. The van der Waals surface area contributed by atoms with Gasteiger partial charge in [-0.05, 0) is 42.5 Å². The van der Waals surface area contributed by atoms with Crippen molar-refractivity contribution < 1.29 is 14.3 Å². The fraction of sp³-hybridized carbons (Fsp3) is 0.400. The number of hydrogen-bond acceptors (Lipinski definition) is 5. The van der Waals surface area contributed by atoms with Crippen LogP contribution in [0.2, 0.25) is 0 Å². The van der Waals surface area contributed by atoms with Gasteiger partial charge in [-0.3, -0.25) is 14.5 Å². The van der Waals surface area contributed by atoms with Crippen molar-refractivity contribution in [1.82, 2.24) is 4.90 Å². The first-order chi connectivity index (χ1) is 15.5. The number of aliphatic imine (C=N–C) groups is 1. The Kier molecular flexibility index (Phi) is 6.17. The van der Waals surface area contributed by atoms with Crippen LogP contribution in [0.15, 0.2) is 53.5 Å². The minimum atomic E-state index is -1.03. The van der Waals surface area contributed by atoms with Crippen molar-refractivity contribution in [3.05, 3.63) is 59.7 Å². The van der Waals surface area contributed by atoms with Crippen LogP contribution in [0.1, 0.15) is 43.2 Å². The molecule has 2 amide bonds. The monoisotopic (exact) mass is 434 g/mol. The van der Waals surface area contributed by atoms with Crippen LogP contribution in [0.5, 0.6) is 5.75 Å². The number of amides is 2. The predicted molar refractivity (Wildman–Crippen MR) is 124 cm³/mol. The molecule has 1 fully saturated rings. The molecule has 32 heavy (non-hydrogen) atoms. The van der Waals surface area contributed by atoms with Crippen molar-refractivity contribution in [3.63, 3.8) is 0 Å². The van der Waals surface area contributed by atoms with Crippen molar-refractivity contribution in [2.75, 3.05) is 19.5 Å². The van der Waals surface area contributed by atoms with Crippen LogP contribution < -0.4 is 15.8 Å². The van der Waals surface area contributed by atoms with Gasteiger partial charge >= 0.3 is 0 Å². The van der Waals surface area contributed by atoms with Gasteiger partial charge in [0.1, 0.15) is 5.75 Å². The molecule has 1 aliphatic heterocycles. The Balaban J connectivity index is 1.62. The van der Waals surface area contributed by atoms with Gasteiger partial charge in [-0.15, -0.1) is 0 Å². The Morgan fingerprint density at radius 3 is 2.62 bits per heavy atom. The molecule has 1 heterocycles. The van der Waals surface area contributed by atoms with Gasteiger partial charge in [-0.1, -0.05) is 49.6 Å². The SMILES string of the molecule is COc1ccccc1CC(=O)Nc1cccc(C2(C3CCCCC3)N=C(N)N(C)C2=O)c1. The van der Waals surface area contributed by atoms with E-state index in [2.05, 4.69) is 5.32 Å². The molecule has 0 spiro atoms. The van der Waals surface area contributed by atoms with Crippen molar-refractivity contribution in [2.24, 2.45) is 16.6 Å². The lowest BCUT2D eigenvalue weighted by Gasteiger charge is -2.36. The number of nitrogens with two attached hydrogens (primary N) is 1. The zero-order chi connectivity index (χ0) is 22.7. The van der Waals surface area contributed by atoms with E-state index in [1.165, 1.54) is 11.3 Å². The number of hydrogen-bond donors (Lipinski definition) is 2. The summed E-state index contributed by atoms with van der Waals surface area (Å²) in [5.74, 6) is 0.755. The van der Waals surface area contributed by atoms with Gasteiger partial charge in [0.25, 0.3) is 5.91 Å². The molecule has 0 saturated heterocycles. The van der Waals surface area contributed by atoms with Crippen molar-refractivity contribution >= 4 is 23.5 Å². The highest BCUT2D eigenvalue weighted by Gasteiger charge is 2.53. The summed E-state index contributed by atoms with van der Waals surface area (Å²) >= 11 is 0. The number of ether oxygens (including phenoxy) is 1. The van der Waals surface area contributed by atoms with Crippen molar-refractivity contribution in [2.45, 2.75) is 44.1 Å². The van der Waals surface area contributed by atoms with E-state index in [9.17, 15) is 9.59 Å². The molecule has 0 bridgehead atoms. The second-order valence-corrected chi connectivity index (χ2v) is 8.55. The first-order valence-corrected chi connectivity index (χ1v) is 11.1. The normalized spacial score (nSPS) is 21.4. The van der Waals surface area contributed by atoms with E-state index in [4.69, 9.17) is 15.5 Å². The lowest BCUT2D eigenvalue weighted by Crippen LogP contribution is -2.45.